The van der Waals surface area contributed by atoms with Gasteiger partial charge in [-0.2, -0.15) is 0 Å². The van der Waals surface area contributed by atoms with Crippen LogP contribution in [0.1, 0.15) is 12.8 Å². The molecule has 0 radical (unpaired) electrons. The Balaban J connectivity index is 1.90. The van der Waals surface area contributed by atoms with E-state index in [-0.39, 0.29) is 6.04 Å². The Labute approximate surface area is 108 Å². The summed E-state index contributed by atoms with van der Waals surface area (Å²) < 4.78 is 24.9. The molecule has 1 fully saturated rings. The number of aromatic nitrogens is 1. The lowest BCUT2D eigenvalue weighted by atomic mass is 10.1. The zero-order chi connectivity index (χ0) is 12.5. The predicted octanol–water partition coefficient (Wildman–Crippen LogP) is 0.162. The minimum absolute atomic E-state index is 0.0664. The number of nitrogens with zero attached hydrogens (tertiary/aromatic N) is 2. The van der Waals surface area contributed by atoms with Crippen molar-refractivity contribution in [3.05, 3.63) is 5.38 Å². The lowest BCUT2D eigenvalue weighted by Gasteiger charge is -2.31. The molecule has 1 atom stereocenters. The van der Waals surface area contributed by atoms with Gasteiger partial charge in [-0.3, -0.25) is 0 Å². The number of piperidine rings is 1. The molecule has 0 aromatic carbocycles. The topological polar surface area (TPSA) is 62.3 Å². The Kier molecular flexibility index (Phi) is 4.02. The highest BCUT2D eigenvalue weighted by Crippen LogP contribution is 2.22. The summed E-state index contributed by atoms with van der Waals surface area (Å²) in [6.07, 6.45) is 2.87. The molecule has 0 amide bonds. The standard InChI is InChI=1S/C9H16N3O2PS2/c1-17(13,14)11-7-2-4-12(5-3-7)9-10-8(15)6-16-9/h6-7,11H,2-5,15H2,1H3. The third-order valence-corrected chi connectivity index (χ3v) is 4.87. The first-order valence-electron chi connectivity index (χ1n) is 5.37. The molecule has 0 bridgehead atoms. The lowest BCUT2D eigenvalue weighted by molar-refractivity contribution is 0.461. The van der Waals surface area contributed by atoms with Crippen molar-refractivity contribution in [2.24, 2.45) is 0 Å². The van der Waals surface area contributed by atoms with E-state index >= 15 is 0 Å². The van der Waals surface area contributed by atoms with E-state index in [1.807, 2.05) is 5.38 Å². The van der Waals surface area contributed by atoms with Crippen LogP contribution in [0.3, 0.4) is 0 Å². The minimum atomic E-state index is -3.09. The molecule has 96 valence electrons. The Morgan fingerprint density at radius 2 is 2.18 bits per heavy atom. The maximum absolute atomic E-state index is 11.1. The number of sulfonamides is 1. The van der Waals surface area contributed by atoms with E-state index in [9.17, 15) is 8.42 Å². The molecular formula is C9H16N3O2PS2. The van der Waals surface area contributed by atoms with Crippen molar-refractivity contribution in [2.75, 3.05) is 24.2 Å². The molecule has 5 nitrogen and oxygen atoms in total. The van der Waals surface area contributed by atoms with Crippen molar-refractivity contribution in [1.82, 2.24) is 9.71 Å². The fourth-order valence-electron chi connectivity index (χ4n) is 1.91. The van der Waals surface area contributed by atoms with Gasteiger partial charge in [0.1, 0.15) is 0 Å². The van der Waals surface area contributed by atoms with Crippen LogP contribution in [-0.4, -0.2) is 38.8 Å². The summed E-state index contributed by atoms with van der Waals surface area (Å²) in [5, 5.41) is 3.02. The zero-order valence-corrected chi connectivity index (χ0v) is 12.4. The molecule has 2 heterocycles. The summed E-state index contributed by atoms with van der Waals surface area (Å²) in [4.78, 5) is 6.61. The number of hydrogen-bond donors (Lipinski definition) is 1. The first kappa shape index (κ1) is 13.2. The second-order valence-corrected chi connectivity index (χ2v) is 7.41. The van der Waals surface area contributed by atoms with Crippen LogP contribution in [0.15, 0.2) is 5.38 Å². The molecular weight excluding hydrogens is 277 g/mol. The highest BCUT2D eigenvalue weighted by Gasteiger charge is 2.22. The summed E-state index contributed by atoms with van der Waals surface area (Å²) in [5.74, 6) is 0. The summed E-state index contributed by atoms with van der Waals surface area (Å²) in [5.41, 5.74) is 0.960. The second-order valence-electron chi connectivity index (χ2n) is 4.21. The third kappa shape index (κ3) is 3.88. The minimum Gasteiger partial charge on any atom is -0.348 e. The number of hydrogen-bond acceptors (Lipinski definition) is 5. The van der Waals surface area contributed by atoms with Crippen LogP contribution in [0.25, 0.3) is 0 Å². The van der Waals surface area contributed by atoms with Crippen LogP contribution in [0.2, 0.25) is 0 Å². The van der Waals surface area contributed by atoms with Crippen LogP contribution < -0.4 is 15.1 Å². The van der Waals surface area contributed by atoms with E-state index in [2.05, 4.69) is 23.8 Å². The summed E-state index contributed by atoms with van der Waals surface area (Å²) in [6.45, 7) is 1.70. The predicted molar refractivity (Wildman–Crippen MR) is 74.7 cm³/mol. The number of rotatable bonds is 3. The van der Waals surface area contributed by atoms with Crippen molar-refractivity contribution in [3.8, 4) is 0 Å². The second kappa shape index (κ2) is 5.18. The van der Waals surface area contributed by atoms with Gasteiger partial charge in [0, 0.05) is 24.5 Å². The van der Waals surface area contributed by atoms with Gasteiger partial charge in [0.25, 0.3) is 0 Å². The average molecular weight is 293 g/mol. The van der Waals surface area contributed by atoms with Gasteiger partial charge in [-0.1, -0.05) is 9.24 Å². The van der Waals surface area contributed by atoms with E-state index < -0.39 is 10.0 Å². The summed E-state index contributed by atoms with van der Waals surface area (Å²) in [7, 11) is -0.504. The van der Waals surface area contributed by atoms with E-state index in [1.165, 1.54) is 6.26 Å². The van der Waals surface area contributed by atoms with E-state index in [0.717, 1.165) is 36.5 Å². The zero-order valence-electron chi connectivity index (χ0n) is 9.59. The molecule has 0 spiro atoms. The first-order valence-corrected chi connectivity index (χ1v) is 8.72. The number of anilines is 1. The van der Waals surface area contributed by atoms with E-state index in [1.54, 1.807) is 11.3 Å². The van der Waals surface area contributed by atoms with Gasteiger partial charge in [-0.25, -0.2) is 18.1 Å². The smallest absolute Gasteiger partial charge is 0.208 e. The average Bonchev–Trinajstić information content (AvgIpc) is 2.63. The monoisotopic (exact) mass is 293 g/mol. The molecule has 1 aromatic heterocycles. The van der Waals surface area contributed by atoms with Crippen LogP contribution in [0.5, 0.6) is 0 Å². The van der Waals surface area contributed by atoms with Gasteiger partial charge in [-0.15, -0.1) is 11.3 Å². The molecule has 1 aliphatic rings. The molecule has 8 heteroatoms. The van der Waals surface area contributed by atoms with E-state index in [0.29, 0.717) is 0 Å². The highest BCUT2D eigenvalue weighted by atomic mass is 32.2. The largest absolute Gasteiger partial charge is 0.348 e. The quantitative estimate of drug-likeness (QED) is 0.807. The van der Waals surface area contributed by atoms with Crippen molar-refractivity contribution >= 4 is 41.2 Å². The Bertz CT molecular complexity index is 480. The number of thiazole rings is 1. The van der Waals surface area contributed by atoms with Gasteiger partial charge >= 0.3 is 0 Å². The molecule has 1 aliphatic heterocycles. The van der Waals surface area contributed by atoms with E-state index in [4.69, 9.17) is 0 Å². The molecule has 2 rings (SSSR count). The van der Waals surface area contributed by atoms with Gasteiger partial charge in [0.05, 0.1) is 11.7 Å². The summed E-state index contributed by atoms with van der Waals surface area (Å²) >= 11 is 1.63. The molecule has 17 heavy (non-hydrogen) atoms. The maximum atomic E-state index is 11.1. The van der Waals surface area contributed by atoms with Gasteiger partial charge in [-0.05, 0) is 12.8 Å². The fraction of sp³-hybridized carbons (Fsp3) is 0.667. The molecule has 0 saturated carbocycles. The molecule has 1 saturated heterocycles. The molecule has 1 aromatic rings. The third-order valence-electron chi connectivity index (χ3n) is 2.66. The van der Waals surface area contributed by atoms with Gasteiger partial charge in [0.2, 0.25) is 10.0 Å². The van der Waals surface area contributed by atoms with Crippen LogP contribution in [-0.2, 0) is 10.0 Å². The van der Waals surface area contributed by atoms with Crippen molar-refractivity contribution in [1.29, 1.82) is 0 Å². The Morgan fingerprint density at radius 1 is 1.53 bits per heavy atom. The summed E-state index contributed by atoms with van der Waals surface area (Å²) in [6, 6.07) is 0.0664. The van der Waals surface area contributed by atoms with Crippen molar-refractivity contribution in [3.63, 3.8) is 0 Å². The van der Waals surface area contributed by atoms with Gasteiger partial charge < -0.3 is 4.90 Å². The SMILES string of the molecule is CS(=O)(=O)NC1CCN(c2nc(P)cs2)CC1. The normalized spacial score (nSPS) is 18.6. The molecule has 1 N–H and O–H groups in total. The Hall–Kier alpha value is -0.230. The molecule has 0 aliphatic carbocycles. The first-order chi connectivity index (χ1) is 7.94. The number of nitrogens with one attached hydrogen (secondary N) is 1. The van der Waals surface area contributed by atoms with Crippen LogP contribution in [0, 0.1) is 0 Å². The fourth-order valence-corrected chi connectivity index (χ4v) is 3.94. The maximum Gasteiger partial charge on any atom is 0.208 e. The Morgan fingerprint density at radius 3 is 2.65 bits per heavy atom. The van der Waals surface area contributed by atoms with Crippen molar-refractivity contribution in [2.45, 2.75) is 18.9 Å². The van der Waals surface area contributed by atoms with Gasteiger partial charge in [0.15, 0.2) is 5.13 Å². The van der Waals surface area contributed by atoms with Crippen LogP contribution in [0.4, 0.5) is 5.13 Å². The highest BCUT2D eigenvalue weighted by molar-refractivity contribution is 7.88. The lowest BCUT2D eigenvalue weighted by Crippen LogP contribution is -2.44. The van der Waals surface area contributed by atoms with Crippen LogP contribution >= 0.6 is 20.6 Å². The molecule has 1 unspecified atom stereocenters. The van der Waals surface area contributed by atoms with Crippen molar-refractivity contribution < 1.29 is 8.42 Å².